The molecule has 1 aromatic carbocycles. The Labute approximate surface area is 169 Å². The lowest BCUT2D eigenvalue weighted by Crippen LogP contribution is -2.53. The molecule has 4 rings (SSSR count). The number of hydrogen-bond donors (Lipinski definition) is 0. The van der Waals surface area contributed by atoms with Crippen molar-refractivity contribution >= 4 is 16.6 Å². The highest BCUT2D eigenvalue weighted by Gasteiger charge is 2.35. The summed E-state index contributed by atoms with van der Waals surface area (Å²) >= 11 is 0. The van der Waals surface area contributed by atoms with Crippen LogP contribution in [0.15, 0.2) is 30.5 Å². The first-order chi connectivity index (χ1) is 13.8. The van der Waals surface area contributed by atoms with E-state index in [0.717, 1.165) is 44.5 Å². The zero-order valence-electron chi connectivity index (χ0n) is 16.8. The van der Waals surface area contributed by atoms with E-state index in [1.54, 1.807) is 18.2 Å². The Morgan fingerprint density at radius 2 is 1.86 bits per heavy atom. The molecule has 0 radical (unpaired) electrons. The number of pyridine rings is 1. The number of hydrogen-bond acceptors (Lipinski definition) is 5. The van der Waals surface area contributed by atoms with E-state index in [1.807, 2.05) is 6.92 Å². The summed E-state index contributed by atoms with van der Waals surface area (Å²) in [6, 6.07) is 6.15. The van der Waals surface area contributed by atoms with Crippen LogP contribution in [0.2, 0.25) is 0 Å². The molecular weight excluding hydrogens is 381 g/mol. The van der Waals surface area contributed by atoms with Gasteiger partial charge in [-0.2, -0.15) is 13.2 Å². The molecule has 2 aliphatic heterocycles. The number of morpholine rings is 1. The van der Waals surface area contributed by atoms with Crippen molar-refractivity contribution in [2.45, 2.75) is 25.3 Å². The second-order valence-corrected chi connectivity index (χ2v) is 8.11. The number of piperazine rings is 1. The number of anilines is 1. The topological polar surface area (TPSA) is 31.8 Å². The Morgan fingerprint density at radius 1 is 1.10 bits per heavy atom. The molecule has 0 bridgehead atoms. The molecule has 2 fully saturated rings. The van der Waals surface area contributed by atoms with Crippen LogP contribution in [-0.4, -0.2) is 79.9 Å². The van der Waals surface area contributed by atoms with Crippen molar-refractivity contribution in [3.63, 3.8) is 0 Å². The van der Waals surface area contributed by atoms with Crippen LogP contribution in [0, 0.1) is 0 Å². The highest BCUT2D eigenvalue weighted by molar-refractivity contribution is 5.94. The van der Waals surface area contributed by atoms with E-state index in [1.165, 1.54) is 6.20 Å². The third kappa shape index (κ3) is 4.49. The van der Waals surface area contributed by atoms with E-state index >= 15 is 0 Å². The van der Waals surface area contributed by atoms with Crippen LogP contribution in [0.5, 0.6) is 0 Å². The number of alkyl halides is 3. The number of likely N-dealkylation sites (N-methyl/N-ethyl adjacent to an activating group) is 1. The maximum Gasteiger partial charge on any atom is 0.418 e. The number of rotatable bonds is 3. The fourth-order valence-corrected chi connectivity index (χ4v) is 4.32. The highest BCUT2D eigenvalue weighted by atomic mass is 19.4. The number of ether oxygens (including phenoxy) is 1. The zero-order chi connectivity index (χ0) is 20.6. The first-order valence-electron chi connectivity index (χ1n) is 10.1. The van der Waals surface area contributed by atoms with Gasteiger partial charge in [0.2, 0.25) is 0 Å². The molecule has 0 amide bonds. The maximum absolute atomic E-state index is 13.4. The molecule has 158 valence electrons. The van der Waals surface area contributed by atoms with E-state index < -0.39 is 11.7 Å². The van der Waals surface area contributed by atoms with Gasteiger partial charge in [-0.3, -0.25) is 9.88 Å². The molecule has 2 atom stereocenters. The molecule has 0 N–H and O–H groups in total. The van der Waals surface area contributed by atoms with Gasteiger partial charge in [-0.05, 0) is 38.2 Å². The first kappa shape index (κ1) is 20.4. The summed E-state index contributed by atoms with van der Waals surface area (Å²) in [5.74, 6) is 0. The maximum atomic E-state index is 13.4. The minimum atomic E-state index is -4.42. The normalized spacial score (nSPS) is 24.9. The van der Waals surface area contributed by atoms with Gasteiger partial charge in [0, 0.05) is 63.1 Å². The van der Waals surface area contributed by atoms with Gasteiger partial charge in [0.1, 0.15) is 0 Å². The van der Waals surface area contributed by atoms with Gasteiger partial charge in [0.25, 0.3) is 0 Å². The van der Waals surface area contributed by atoms with E-state index in [-0.39, 0.29) is 17.7 Å². The third-order valence-corrected chi connectivity index (χ3v) is 5.78. The summed E-state index contributed by atoms with van der Waals surface area (Å²) in [7, 11) is 2.13. The van der Waals surface area contributed by atoms with Crippen molar-refractivity contribution in [1.29, 1.82) is 0 Å². The Bertz CT molecular complexity index is 851. The third-order valence-electron chi connectivity index (χ3n) is 5.78. The molecule has 0 saturated carbocycles. The minimum Gasteiger partial charge on any atom is -0.370 e. The van der Waals surface area contributed by atoms with Crippen LogP contribution >= 0.6 is 0 Å². The molecule has 0 unspecified atom stereocenters. The van der Waals surface area contributed by atoms with Crippen LogP contribution in [0.3, 0.4) is 0 Å². The lowest BCUT2D eigenvalue weighted by Gasteiger charge is -2.41. The number of halogens is 3. The Morgan fingerprint density at radius 3 is 2.59 bits per heavy atom. The van der Waals surface area contributed by atoms with Gasteiger partial charge in [-0.25, -0.2) is 0 Å². The Balaban J connectivity index is 1.58. The molecule has 8 heteroatoms. The predicted molar refractivity (Wildman–Crippen MR) is 107 cm³/mol. The van der Waals surface area contributed by atoms with Crippen LogP contribution in [0.25, 0.3) is 10.9 Å². The largest absolute Gasteiger partial charge is 0.418 e. The summed E-state index contributed by atoms with van der Waals surface area (Å²) in [6.07, 6.45) is -2.97. The van der Waals surface area contributed by atoms with Gasteiger partial charge >= 0.3 is 6.18 Å². The number of aromatic nitrogens is 1. The van der Waals surface area contributed by atoms with Gasteiger partial charge in [0.05, 0.1) is 23.3 Å². The monoisotopic (exact) mass is 408 g/mol. The van der Waals surface area contributed by atoms with Crippen molar-refractivity contribution in [2.75, 3.05) is 57.8 Å². The molecule has 5 nitrogen and oxygen atoms in total. The van der Waals surface area contributed by atoms with Gasteiger partial charge in [-0.1, -0.05) is 0 Å². The summed E-state index contributed by atoms with van der Waals surface area (Å²) in [5.41, 5.74) is 0.110. The van der Waals surface area contributed by atoms with E-state index in [2.05, 4.69) is 26.7 Å². The van der Waals surface area contributed by atoms with Crippen LogP contribution < -0.4 is 4.90 Å². The predicted octanol–water partition coefficient (Wildman–Crippen LogP) is 3.09. The lowest BCUT2D eigenvalue weighted by atomic mass is 10.0. The fraction of sp³-hybridized carbons (Fsp3) is 0.571. The molecule has 29 heavy (non-hydrogen) atoms. The molecule has 0 aliphatic carbocycles. The molecule has 0 spiro atoms. The van der Waals surface area contributed by atoms with Crippen molar-refractivity contribution in [3.05, 3.63) is 36.0 Å². The molecule has 1 aromatic heterocycles. The van der Waals surface area contributed by atoms with Gasteiger partial charge < -0.3 is 14.5 Å². The number of nitrogens with zero attached hydrogens (tertiary/aromatic N) is 4. The first-order valence-corrected chi connectivity index (χ1v) is 10.1. The van der Waals surface area contributed by atoms with E-state index in [9.17, 15) is 13.2 Å². The molecule has 2 aliphatic rings. The fourth-order valence-electron chi connectivity index (χ4n) is 4.32. The van der Waals surface area contributed by atoms with Crippen LogP contribution in [-0.2, 0) is 10.9 Å². The number of benzene rings is 1. The van der Waals surface area contributed by atoms with Crippen molar-refractivity contribution < 1.29 is 17.9 Å². The van der Waals surface area contributed by atoms with Crippen LogP contribution in [0.4, 0.5) is 18.9 Å². The highest BCUT2D eigenvalue weighted by Crippen LogP contribution is 2.38. The SMILES string of the molecule is C[C@@H]1CN(c2ccc(C(F)(F)F)c3ncccc23)C[C@H](CN2CCN(C)CC2)O1. The molecule has 3 heterocycles. The summed E-state index contributed by atoms with van der Waals surface area (Å²) < 4.78 is 46.4. The Kier molecular flexibility index (Phi) is 5.68. The van der Waals surface area contributed by atoms with Crippen LogP contribution in [0.1, 0.15) is 12.5 Å². The average Bonchev–Trinajstić information content (AvgIpc) is 2.67. The number of fused-ring (bicyclic) bond motifs is 1. The standard InChI is InChI=1S/C21H27F3N4O/c1-15-12-28(14-16(29-15)13-27-10-8-26(2)9-11-27)19-6-5-18(21(22,23)24)20-17(19)4-3-7-25-20/h3-7,15-16H,8-14H2,1-2H3/t15-,16+/m1/s1. The summed E-state index contributed by atoms with van der Waals surface area (Å²) in [6.45, 7) is 8.28. The summed E-state index contributed by atoms with van der Waals surface area (Å²) in [4.78, 5) is 10.9. The lowest BCUT2D eigenvalue weighted by molar-refractivity contribution is -0.136. The molecule has 2 saturated heterocycles. The second kappa shape index (κ2) is 8.08. The molecule has 2 aromatic rings. The van der Waals surface area contributed by atoms with E-state index in [0.29, 0.717) is 18.5 Å². The van der Waals surface area contributed by atoms with Crippen molar-refractivity contribution in [3.8, 4) is 0 Å². The van der Waals surface area contributed by atoms with Crippen molar-refractivity contribution in [1.82, 2.24) is 14.8 Å². The van der Waals surface area contributed by atoms with Crippen molar-refractivity contribution in [2.24, 2.45) is 0 Å². The average molecular weight is 408 g/mol. The Hall–Kier alpha value is -1.90. The van der Waals surface area contributed by atoms with Gasteiger partial charge in [-0.15, -0.1) is 0 Å². The minimum absolute atomic E-state index is 0.00672. The smallest absolute Gasteiger partial charge is 0.370 e. The van der Waals surface area contributed by atoms with E-state index in [4.69, 9.17) is 4.74 Å². The van der Waals surface area contributed by atoms with Gasteiger partial charge in [0.15, 0.2) is 0 Å². The molecular formula is C21H27F3N4O. The zero-order valence-corrected chi connectivity index (χ0v) is 16.8. The quantitative estimate of drug-likeness (QED) is 0.779. The second-order valence-electron chi connectivity index (χ2n) is 8.11. The summed E-state index contributed by atoms with van der Waals surface area (Å²) in [5, 5.41) is 0.537.